The molecule has 3 nitrogen and oxygen atoms in total. The zero-order valence-corrected chi connectivity index (χ0v) is 18.0. The lowest BCUT2D eigenvalue weighted by Crippen LogP contribution is -2.40. The van der Waals surface area contributed by atoms with Crippen LogP contribution in [-0.2, 0) is 4.79 Å². The van der Waals surface area contributed by atoms with E-state index >= 15 is 0 Å². The van der Waals surface area contributed by atoms with Gasteiger partial charge in [-0.3, -0.25) is 0 Å². The summed E-state index contributed by atoms with van der Waals surface area (Å²) in [5.41, 5.74) is 4.20. The molecule has 0 spiro atoms. The average molecular weight is 436 g/mol. The van der Waals surface area contributed by atoms with E-state index in [9.17, 15) is 13.6 Å². The average Bonchev–Trinajstić information content (AvgIpc) is 2.77. The molecule has 0 unspecified atom stereocenters. The van der Waals surface area contributed by atoms with E-state index in [0.717, 1.165) is 40.4 Å². The molecule has 0 saturated heterocycles. The molecule has 1 N–H and O–H groups in total. The Kier molecular flexibility index (Phi) is 5.36. The number of benzene rings is 2. The summed E-state index contributed by atoms with van der Waals surface area (Å²) in [5, 5.41) is 8.77. The lowest BCUT2D eigenvalue weighted by atomic mass is 9.53. The smallest absolute Gasteiger partial charge is 0.364 e. The maximum absolute atomic E-state index is 14.9. The topological polar surface area (TPSA) is 46.5 Å². The minimum absolute atomic E-state index is 0.0715. The number of halogens is 2. The molecule has 0 atom stereocenters. The number of ether oxygens (including phenoxy) is 1. The highest BCUT2D eigenvalue weighted by Gasteiger charge is 2.46. The number of allylic oxidation sites excluding steroid dienone is 1. The van der Waals surface area contributed by atoms with Crippen molar-refractivity contribution in [1.82, 2.24) is 0 Å². The van der Waals surface area contributed by atoms with Gasteiger partial charge in [0, 0.05) is 5.56 Å². The predicted octanol–water partition coefficient (Wildman–Crippen LogP) is 6.49. The van der Waals surface area contributed by atoms with Gasteiger partial charge in [0.2, 0.25) is 5.83 Å². The molecule has 5 heteroatoms. The van der Waals surface area contributed by atoms with Gasteiger partial charge in [-0.1, -0.05) is 29.8 Å². The molecule has 0 aliphatic heterocycles. The summed E-state index contributed by atoms with van der Waals surface area (Å²) in [5.74, 6) is -0.294. The molecule has 0 aromatic heterocycles. The van der Waals surface area contributed by atoms with E-state index in [2.05, 4.69) is 0 Å². The van der Waals surface area contributed by atoms with Crippen molar-refractivity contribution < 1.29 is 23.4 Å². The fourth-order valence-corrected chi connectivity index (χ4v) is 6.36. The fourth-order valence-electron chi connectivity index (χ4n) is 6.36. The fraction of sp³-hybridized carbons (Fsp3) is 0.370. The Morgan fingerprint density at radius 1 is 0.969 bits per heavy atom. The van der Waals surface area contributed by atoms with Gasteiger partial charge in [-0.15, -0.1) is 0 Å². The van der Waals surface area contributed by atoms with Crippen LogP contribution in [0.4, 0.5) is 8.78 Å². The molecule has 0 amide bonds. The summed E-state index contributed by atoms with van der Waals surface area (Å²) in [6.45, 7) is 0. The van der Waals surface area contributed by atoms with E-state index in [1.807, 2.05) is 24.3 Å². The molecule has 0 heterocycles. The van der Waals surface area contributed by atoms with Crippen LogP contribution in [0.15, 0.2) is 53.9 Å². The molecule has 2 aromatic carbocycles. The monoisotopic (exact) mass is 436 g/mol. The van der Waals surface area contributed by atoms with Crippen molar-refractivity contribution in [2.45, 2.75) is 32.1 Å². The minimum Gasteiger partial charge on any atom is -0.497 e. The van der Waals surface area contributed by atoms with Gasteiger partial charge in [0.25, 0.3) is 0 Å². The number of aliphatic carboxylic acids is 1. The first kappa shape index (κ1) is 20.9. The molecule has 6 rings (SSSR count). The van der Waals surface area contributed by atoms with Gasteiger partial charge in [0.1, 0.15) is 11.6 Å². The molecule has 4 aliphatic rings. The quantitative estimate of drug-likeness (QED) is 0.545. The zero-order chi connectivity index (χ0) is 22.4. The van der Waals surface area contributed by atoms with Crippen LogP contribution in [0, 0.1) is 29.5 Å². The lowest BCUT2D eigenvalue weighted by molar-refractivity contribution is -0.134. The van der Waals surface area contributed by atoms with Crippen molar-refractivity contribution in [2.75, 3.05) is 7.11 Å². The van der Waals surface area contributed by atoms with Crippen molar-refractivity contribution in [3.05, 3.63) is 76.4 Å². The molecule has 2 aromatic rings. The summed E-state index contributed by atoms with van der Waals surface area (Å²) in [7, 11) is 1.63. The van der Waals surface area contributed by atoms with Crippen LogP contribution < -0.4 is 4.74 Å². The number of hydrogen-bond acceptors (Lipinski definition) is 2. The number of hydrogen-bond donors (Lipinski definition) is 1. The van der Waals surface area contributed by atoms with Gasteiger partial charge in [-0.05, 0) is 96.8 Å². The Balaban J connectivity index is 1.63. The Morgan fingerprint density at radius 2 is 1.56 bits per heavy atom. The molecule has 4 fully saturated rings. The summed E-state index contributed by atoms with van der Waals surface area (Å²) in [6, 6.07) is 12.5. The first-order valence-corrected chi connectivity index (χ1v) is 11.2. The van der Waals surface area contributed by atoms with Crippen molar-refractivity contribution in [3.63, 3.8) is 0 Å². The van der Waals surface area contributed by atoms with E-state index in [-0.39, 0.29) is 5.56 Å². The number of carboxylic acid groups (broad SMARTS) is 1. The summed E-state index contributed by atoms with van der Waals surface area (Å²) < 4.78 is 33.8. The highest BCUT2D eigenvalue weighted by atomic mass is 19.1. The van der Waals surface area contributed by atoms with Crippen LogP contribution in [-0.4, -0.2) is 18.2 Å². The molecule has 4 bridgehead atoms. The third kappa shape index (κ3) is 3.74. The third-order valence-electron chi connectivity index (χ3n) is 7.46. The number of rotatable bonds is 5. The molecule has 4 saturated carbocycles. The lowest BCUT2D eigenvalue weighted by Gasteiger charge is -2.52. The van der Waals surface area contributed by atoms with Crippen LogP contribution in [0.1, 0.15) is 48.8 Å². The van der Waals surface area contributed by atoms with Gasteiger partial charge in [0.05, 0.1) is 7.11 Å². The number of carbonyl (C=O) groups is 1. The van der Waals surface area contributed by atoms with Crippen LogP contribution in [0.5, 0.6) is 5.75 Å². The second-order valence-corrected chi connectivity index (χ2v) is 9.40. The van der Waals surface area contributed by atoms with Gasteiger partial charge in [-0.25, -0.2) is 9.18 Å². The Hall–Kier alpha value is -2.95. The van der Waals surface area contributed by atoms with Crippen molar-refractivity contribution in [2.24, 2.45) is 23.7 Å². The minimum atomic E-state index is -1.71. The maximum Gasteiger partial charge on any atom is 0.364 e. The van der Waals surface area contributed by atoms with Crippen LogP contribution in [0.25, 0.3) is 11.6 Å². The Labute approximate surface area is 186 Å². The third-order valence-corrected chi connectivity index (χ3v) is 7.46. The van der Waals surface area contributed by atoms with E-state index in [0.29, 0.717) is 11.8 Å². The van der Waals surface area contributed by atoms with Gasteiger partial charge >= 0.3 is 5.97 Å². The van der Waals surface area contributed by atoms with Crippen LogP contribution in [0.2, 0.25) is 0 Å². The van der Waals surface area contributed by atoms with Crippen molar-refractivity contribution in [3.8, 4) is 5.75 Å². The number of carboxylic acids is 1. The van der Waals surface area contributed by atoms with Crippen LogP contribution >= 0.6 is 0 Å². The van der Waals surface area contributed by atoms with E-state index in [1.165, 1.54) is 49.8 Å². The molecule has 32 heavy (non-hydrogen) atoms. The van der Waals surface area contributed by atoms with Gasteiger partial charge in [0.15, 0.2) is 0 Å². The summed E-state index contributed by atoms with van der Waals surface area (Å²) >= 11 is 0. The molecule has 4 aliphatic carbocycles. The Morgan fingerprint density at radius 3 is 2.09 bits per heavy atom. The highest BCUT2D eigenvalue weighted by molar-refractivity contribution is 5.90. The summed E-state index contributed by atoms with van der Waals surface area (Å²) in [4.78, 5) is 10.8. The molecular formula is C27H26F2O3. The molecule has 0 radical (unpaired) electrons. The van der Waals surface area contributed by atoms with Gasteiger partial charge < -0.3 is 9.84 Å². The van der Waals surface area contributed by atoms with Crippen LogP contribution in [0.3, 0.4) is 0 Å². The normalized spacial score (nSPS) is 26.3. The SMILES string of the molecule is COc1ccc(C(=C2C3CC4CC(C3)CC2C4)c2ccc(/C=C(\F)C(=O)O)c(F)c2)cc1. The molecular weight excluding hydrogens is 410 g/mol. The predicted molar refractivity (Wildman–Crippen MR) is 119 cm³/mol. The van der Waals surface area contributed by atoms with Crippen molar-refractivity contribution >= 4 is 17.6 Å². The summed E-state index contributed by atoms with van der Waals surface area (Å²) in [6.07, 6.45) is 6.89. The first-order valence-electron chi connectivity index (χ1n) is 11.2. The zero-order valence-electron chi connectivity index (χ0n) is 18.0. The standard InChI is InChI=1S/C27H26F2O3/c1-32-22-6-4-17(5-7-22)25(26-20-9-15-8-16(11-20)12-21(26)10-15)19-3-2-18(23(28)14-19)13-24(29)27(30)31/h2-7,13-16,20-21H,8-12H2,1H3,(H,30,31)/b24-13-,26-25?. The van der Waals surface area contributed by atoms with Gasteiger partial charge in [-0.2, -0.15) is 4.39 Å². The molecule has 166 valence electrons. The second-order valence-electron chi connectivity index (χ2n) is 9.40. The largest absolute Gasteiger partial charge is 0.497 e. The highest BCUT2D eigenvalue weighted by Crippen LogP contribution is 2.58. The maximum atomic E-state index is 14.9. The first-order chi connectivity index (χ1) is 15.4. The Bertz CT molecular complexity index is 1080. The van der Waals surface area contributed by atoms with E-state index in [1.54, 1.807) is 13.2 Å². The van der Waals surface area contributed by atoms with E-state index < -0.39 is 17.6 Å². The number of methoxy groups -OCH3 is 1. The van der Waals surface area contributed by atoms with Crippen molar-refractivity contribution in [1.29, 1.82) is 0 Å². The van der Waals surface area contributed by atoms with E-state index in [4.69, 9.17) is 9.84 Å². The second kappa shape index (κ2) is 8.19.